The van der Waals surface area contributed by atoms with E-state index in [0.717, 1.165) is 5.57 Å². The maximum absolute atomic E-state index is 12.1. The lowest BCUT2D eigenvalue weighted by molar-refractivity contribution is 0.0270. The topological polar surface area (TPSA) is 78.0 Å². The number of pyridine rings is 1. The van der Waals surface area contributed by atoms with Gasteiger partial charge in [0.2, 0.25) is 0 Å². The molecule has 2 rings (SSSR count). The lowest BCUT2D eigenvalue weighted by Crippen LogP contribution is -2.39. The third-order valence-corrected chi connectivity index (χ3v) is 3.65. The van der Waals surface area contributed by atoms with Crippen LogP contribution < -0.4 is 4.74 Å². The average molecular weight is 348 g/mol. The van der Waals surface area contributed by atoms with Crippen LogP contribution in [0.3, 0.4) is 0 Å². The lowest BCUT2D eigenvalue weighted by Gasteiger charge is -2.29. The van der Waals surface area contributed by atoms with Gasteiger partial charge in [0.1, 0.15) is 5.60 Å². The molecule has 7 heteroatoms. The molecule has 0 unspecified atom stereocenters. The van der Waals surface area contributed by atoms with Gasteiger partial charge in [-0.15, -0.1) is 0 Å². The summed E-state index contributed by atoms with van der Waals surface area (Å²) in [7, 11) is 2.77. The van der Waals surface area contributed by atoms with Crippen molar-refractivity contribution in [3.05, 3.63) is 29.6 Å². The third-order valence-electron chi connectivity index (χ3n) is 3.65. The molecule has 1 amide bonds. The summed E-state index contributed by atoms with van der Waals surface area (Å²) >= 11 is 0. The summed E-state index contributed by atoms with van der Waals surface area (Å²) in [6.07, 6.45) is 2.21. The van der Waals surface area contributed by atoms with Crippen molar-refractivity contribution in [3.63, 3.8) is 0 Å². The van der Waals surface area contributed by atoms with Crippen molar-refractivity contribution in [2.75, 3.05) is 27.3 Å². The second kappa shape index (κ2) is 7.55. The van der Waals surface area contributed by atoms with Crippen molar-refractivity contribution in [2.45, 2.75) is 32.8 Å². The number of carbonyl (C=O) groups is 2. The van der Waals surface area contributed by atoms with Gasteiger partial charge in [0.15, 0.2) is 11.4 Å². The average Bonchev–Trinajstić information content (AvgIpc) is 2.59. The molecule has 0 aromatic carbocycles. The van der Waals surface area contributed by atoms with Crippen LogP contribution in [0.2, 0.25) is 0 Å². The number of amides is 1. The first-order valence-electron chi connectivity index (χ1n) is 8.06. The predicted octanol–water partition coefficient (Wildman–Crippen LogP) is 2.90. The Morgan fingerprint density at radius 2 is 1.92 bits per heavy atom. The van der Waals surface area contributed by atoms with E-state index in [2.05, 4.69) is 4.98 Å². The first-order valence-corrected chi connectivity index (χ1v) is 8.06. The van der Waals surface area contributed by atoms with Crippen molar-refractivity contribution >= 4 is 17.6 Å². The Kier molecular flexibility index (Phi) is 5.66. The van der Waals surface area contributed by atoms with Crippen LogP contribution in [0, 0.1) is 0 Å². The fourth-order valence-corrected chi connectivity index (χ4v) is 2.43. The van der Waals surface area contributed by atoms with E-state index < -0.39 is 11.6 Å². The maximum Gasteiger partial charge on any atom is 0.410 e. The zero-order valence-electron chi connectivity index (χ0n) is 15.3. The van der Waals surface area contributed by atoms with Crippen LogP contribution in [-0.2, 0) is 9.47 Å². The van der Waals surface area contributed by atoms with Crippen molar-refractivity contribution < 1.29 is 23.8 Å². The van der Waals surface area contributed by atoms with Gasteiger partial charge >= 0.3 is 12.1 Å². The van der Waals surface area contributed by atoms with Crippen molar-refractivity contribution in [1.29, 1.82) is 0 Å². The van der Waals surface area contributed by atoms with Gasteiger partial charge in [0, 0.05) is 13.1 Å². The molecule has 1 aromatic rings. The minimum atomic E-state index is -0.550. The second-order valence-corrected chi connectivity index (χ2v) is 6.64. The van der Waals surface area contributed by atoms with Crippen molar-refractivity contribution in [2.24, 2.45) is 0 Å². The van der Waals surface area contributed by atoms with E-state index in [1.54, 1.807) is 17.0 Å². The highest BCUT2D eigenvalue weighted by Crippen LogP contribution is 2.25. The normalized spacial score (nSPS) is 14.6. The highest BCUT2D eigenvalue weighted by atomic mass is 16.6. The van der Waals surface area contributed by atoms with Gasteiger partial charge in [0.25, 0.3) is 0 Å². The predicted molar refractivity (Wildman–Crippen MR) is 92.5 cm³/mol. The van der Waals surface area contributed by atoms with Crippen molar-refractivity contribution in [1.82, 2.24) is 9.88 Å². The van der Waals surface area contributed by atoms with E-state index in [0.29, 0.717) is 31.0 Å². The number of hydrogen-bond acceptors (Lipinski definition) is 6. The lowest BCUT2D eigenvalue weighted by atomic mass is 10.0. The number of nitrogens with zero attached hydrogens (tertiary/aromatic N) is 2. The largest absolute Gasteiger partial charge is 0.494 e. The minimum Gasteiger partial charge on any atom is -0.494 e. The van der Waals surface area contributed by atoms with Crippen LogP contribution in [0.25, 0.3) is 5.57 Å². The van der Waals surface area contributed by atoms with E-state index in [1.165, 1.54) is 14.2 Å². The molecule has 7 nitrogen and oxygen atoms in total. The van der Waals surface area contributed by atoms with Crippen LogP contribution in [0.4, 0.5) is 4.79 Å². The Balaban J connectivity index is 2.16. The van der Waals surface area contributed by atoms with Gasteiger partial charge in [-0.05, 0) is 44.9 Å². The molecule has 0 bridgehead atoms. The molecule has 0 fully saturated rings. The number of hydrogen-bond donors (Lipinski definition) is 0. The van der Waals surface area contributed by atoms with E-state index >= 15 is 0 Å². The molecule has 25 heavy (non-hydrogen) atoms. The van der Waals surface area contributed by atoms with Gasteiger partial charge in [-0.3, -0.25) is 0 Å². The molecule has 1 aliphatic heterocycles. The molecule has 0 radical (unpaired) electrons. The Hall–Kier alpha value is -2.57. The number of carbonyl (C=O) groups excluding carboxylic acids is 2. The molecule has 2 heterocycles. The summed E-state index contributed by atoms with van der Waals surface area (Å²) in [6.45, 7) is 6.48. The van der Waals surface area contributed by atoms with E-state index in [-0.39, 0.29) is 11.8 Å². The smallest absolute Gasteiger partial charge is 0.410 e. The summed E-state index contributed by atoms with van der Waals surface area (Å²) in [5.41, 5.74) is 1.25. The van der Waals surface area contributed by atoms with Crippen LogP contribution in [0.5, 0.6) is 5.75 Å². The van der Waals surface area contributed by atoms with Crippen LogP contribution in [0.15, 0.2) is 18.2 Å². The maximum atomic E-state index is 12.1. The van der Waals surface area contributed by atoms with Gasteiger partial charge < -0.3 is 19.1 Å². The Morgan fingerprint density at radius 1 is 1.20 bits per heavy atom. The summed E-state index contributed by atoms with van der Waals surface area (Å²) in [5, 5.41) is 0. The van der Waals surface area contributed by atoms with Gasteiger partial charge in [-0.2, -0.15) is 0 Å². The highest BCUT2D eigenvalue weighted by Gasteiger charge is 2.25. The summed E-state index contributed by atoms with van der Waals surface area (Å²) in [6, 6.07) is 3.48. The minimum absolute atomic E-state index is 0.137. The first-order chi connectivity index (χ1) is 11.7. The SMILES string of the molecule is COC(=O)c1nc(C2=CCN(C(=O)OC(C)(C)C)CC2)ccc1OC. The van der Waals surface area contributed by atoms with Gasteiger partial charge in [-0.25, -0.2) is 14.6 Å². The van der Waals surface area contributed by atoms with E-state index in [9.17, 15) is 9.59 Å². The molecule has 0 atom stereocenters. The fourth-order valence-electron chi connectivity index (χ4n) is 2.43. The van der Waals surface area contributed by atoms with Crippen LogP contribution >= 0.6 is 0 Å². The molecule has 1 aliphatic rings. The summed E-state index contributed by atoms with van der Waals surface area (Å²) in [4.78, 5) is 30.0. The second-order valence-electron chi connectivity index (χ2n) is 6.64. The Labute approximate surface area is 147 Å². The molecule has 0 spiro atoms. The first kappa shape index (κ1) is 18.8. The highest BCUT2D eigenvalue weighted by molar-refractivity contribution is 5.90. The third kappa shape index (κ3) is 4.71. The number of methoxy groups -OCH3 is 2. The number of aromatic nitrogens is 1. The molecule has 0 N–H and O–H groups in total. The summed E-state index contributed by atoms with van der Waals surface area (Å²) in [5.74, 6) is -0.187. The number of ether oxygens (including phenoxy) is 3. The number of rotatable bonds is 3. The van der Waals surface area contributed by atoms with Crippen LogP contribution in [-0.4, -0.2) is 54.9 Å². The Bertz CT molecular complexity index is 691. The molecule has 0 aliphatic carbocycles. The number of esters is 1. The summed E-state index contributed by atoms with van der Waals surface area (Å²) < 4.78 is 15.3. The monoisotopic (exact) mass is 348 g/mol. The quantitative estimate of drug-likeness (QED) is 0.782. The van der Waals surface area contributed by atoms with Gasteiger partial charge in [0.05, 0.1) is 19.9 Å². The molecule has 0 saturated heterocycles. The fraction of sp³-hybridized carbons (Fsp3) is 0.500. The zero-order valence-corrected chi connectivity index (χ0v) is 15.3. The van der Waals surface area contributed by atoms with Crippen LogP contribution in [0.1, 0.15) is 43.4 Å². The molecule has 136 valence electrons. The van der Waals surface area contributed by atoms with Gasteiger partial charge in [-0.1, -0.05) is 6.08 Å². The van der Waals surface area contributed by atoms with Crippen molar-refractivity contribution in [3.8, 4) is 5.75 Å². The molecule has 0 saturated carbocycles. The Morgan fingerprint density at radius 3 is 2.44 bits per heavy atom. The molecular formula is C18H24N2O5. The zero-order chi connectivity index (χ0) is 18.6. The molecular weight excluding hydrogens is 324 g/mol. The standard InChI is InChI=1S/C18H24N2O5/c1-18(2,3)25-17(22)20-10-8-12(9-11-20)13-6-7-14(23-4)15(19-13)16(21)24-5/h6-8H,9-11H2,1-5H3. The molecule has 1 aromatic heterocycles. The van der Waals surface area contributed by atoms with E-state index in [4.69, 9.17) is 14.2 Å². The van der Waals surface area contributed by atoms with E-state index in [1.807, 2.05) is 26.8 Å².